The summed E-state index contributed by atoms with van der Waals surface area (Å²) in [6, 6.07) is 3.30. The number of aromatic nitrogens is 4. The van der Waals surface area contributed by atoms with Crippen LogP contribution in [0.2, 0.25) is 0 Å². The van der Waals surface area contributed by atoms with Crippen molar-refractivity contribution in [3.63, 3.8) is 0 Å². The van der Waals surface area contributed by atoms with Gasteiger partial charge in [-0.05, 0) is 37.6 Å². The van der Waals surface area contributed by atoms with E-state index in [1.54, 1.807) is 42.8 Å². The van der Waals surface area contributed by atoms with Crippen LogP contribution >= 0.6 is 0 Å². The van der Waals surface area contributed by atoms with E-state index < -0.39 is 0 Å². The minimum absolute atomic E-state index is 0.00898. The predicted octanol–water partition coefficient (Wildman–Crippen LogP) is 1.54. The fourth-order valence-electron chi connectivity index (χ4n) is 3.37. The monoisotopic (exact) mass is 384 g/mol. The molecule has 0 bridgehead atoms. The summed E-state index contributed by atoms with van der Waals surface area (Å²) in [5, 5.41) is 10.0. The minimum Gasteiger partial charge on any atom is -0.504 e. The van der Waals surface area contributed by atoms with Crippen molar-refractivity contribution in [3.05, 3.63) is 44.4 Å². The lowest BCUT2D eigenvalue weighted by Gasteiger charge is -2.08. The van der Waals surface area contributed by atoms with Crippen molar-refractivity contribution in [2.75, 3.05) is 6.79 Å². The fraction of sp³-hybridized carbons (Fsp3) is 0.316. The lowest BCUT2D eigenvalue weighted by atomic mass is 10.1. The van der Waals surface area contributed by atoms with E-state index in [0.29, 0.717) is 47.1 Å². The first-order valence-corrected chi connectivity index (χ1v) is 8.97. The van der Waals surface area contributed by atoms with Crippen LogP contribution in [0.5, 0.6) is 17.2 Å². The highest BCUT2D eigenvalue weighted by molar-refractivity contribution is 5.77. The Hall–Kier alpha value is -3.49. The Bertz CT molecular complexity index is 1230. The van der Waals surface area contributed by atoms with Crippen LogP contribution in [0.25, 0.3) is 23.3 Å². The molecule has 1 N–H and O–H groups in total. The van der Waals surface area contributed by atoms with Crippen molar-refractivity contribution in [3.8, 4) is 17.2 Å². The topological polar surface area (TPSA) is 101 Å². The van der Waals surface area contributed by atoms with Gasteiger partial charge in [-0.25, -0.2) is 9.78 Å². The number of phenolic OH excluding ortho intramolecular Hbond substituents is 1. The van der Waals surface area contributed by atoms with E-state index in [-0.39, 0.29) is 23.8 Å². The molecule has 4 rings (SSSR count). The molecule has 3 aromatic rings. The van der Waals surface area contributed by atoms with E-state index in [0.717, 1.165) is 0 Å². The third-order valence-corrected chi connectivity index (χ3v) is 4.81. The zero-order valence-electron chi connectivity index (χ0n) is 15.8. The number of ether oxygens (including phenoxy) is 2. The van der Waals surface area contributed by atoms with Crippen molar-refractivity contribution in [2.24, 2.45) is 7.05 Å². The van der Waals surface area contributed by atoms with E-state index in [2.05, 4.69) is 4.98 Å². The number of nitrogens with zero attached hydrogens (tertiary/aromatic N) is 4. The highest BCUT2D eigenvalue weighted by Gasteiger charge is 2.19. The van der Waals surface area contributed by atoms with E-state index in [9.17, 15) is 14.7 Å². The number of aryl methyl sites for hydroxylation is 2. The van der Waals surface area contributed by atoms with E-state index in [4.69, 9.17) is 9.47 Å². The Balaban J connectivity index is 1.85. The molecule has 1 aliphatic rings. The Labute approximate surface area is 159 Å². The van der Waals surface area contributed by atoms with Gasteiger partial charge in [0, 0.05) is 20.1 Å². The van der Waals surface area contributed by atoms with E-state index >= 15 is 0 Å². The van der Waals surface area contributed by atoms with Gasteiger partial charge in [-0.2, -0.15) is 0 Å². The lowest BCUT2D eigenvalue weighted by molar-refractivity contribution is 0.171. The molecule has 1 aromatic carbocycles. The van der Waals surface area contributed by atoms with Gasteiger partial charge in [-0.15, -0.1) is 0 Å². The van der Waals surface area contributed by atoms with Gasteiger partial charge in [-0.3, -0.25) is 13.9 Å². The molecule has 1 aliphatic heterocycles. The molecule has 0 unspecified atom stereocenters. The molecule has 0 radical (unpaired) electrons. The molecule has 0 fully saturated rings. The summed E-state index contributed by atoms with van der Waals surface area (Å²) in [6.45, 7) is 4.37. The number of aromatic hydroxyl groups is 1. The van der Waals surface area contributed by atoms with Crippen LogP contribution < -0.4 is 20.7 Å². The number of imidazole rings is 1. The molecule has 0 atom stereocenters. The zero-order chi connectivity index (χ0) is 20.0. The SMILES string of the molecule is CCn1c(=O)c2c(nc(C=Cc3cc(O)c4c(c3)OCO4)n2C)n(CC)c1=O. The van der Waals surface area contributed by atoms with E-state index in [1.807, 2.05) is 6.92 Å². The number of hydrogen-bond donors (Lipinski definition) is 1. The van der Waals surface area contributed by atoms with Gasteiger partial charge in [-0.1, -0.05) is 6.08 Å². The standard InChI is InChI=1S/C19H20N4O5/c1-4-22-17-15(18(25)23(5-2)19(22)26)21(3)14(20-17)7-6-11-8-12(24)16-13(9-11)27-10-28-16/h6-9,24H,4-5,10H2,1-3H3. The molecule has 0 aliphatic carbocycles. The lowest BCUT2D eigenvalue weighted by Crippen LogP contribution is -2.39. The molecule has 9 heteroatoms. The van der Waals surface area contributed by atoms with Crippen LogP contribution in [-0.2, 0) is 20.1 Å². The first kappa shape index (κ1) is 17.9. The Morgan fingerprint density at radius 3 is 2.61 bits per heavy atom. The van der Waals surface area contributed by atoms with Crippen molar-refractivity contribution in [2.45, 2.75) is 26.9 Å². The first-order chi connectivity index (χ1) is 13.5. The number of benzene rings is 1. The summed E-state index contributed by atoms with van der Waals surface area (Å²) in [5.41, 5.74) is 0.696. The van der Waals surface area contributed by atoms with Crippen molar-refractivity contribution < 1.29 is 14.6 Å². The van der Waals surface area contributed by atoms with Crippen LogP contribution in [0.3, 0.4) is 0 Å². The third kappa shape index (κ3) is 2.58. The summed E-state index contributed by atoms with van der Waals surface area (Å²) in [6.07, 6.45) is 3.47. The Morgan fingerprint density at radius 1 is 1.14 bits per heavy atom. The van der Waals surface area contributed by atoms with Gasteiger partial charge >= 0.3 is 5.69 Å². The molecular formula is C19H20N4O5. The molecule has 0 saturated heterocycles. The van der Waals surface area contributed by atoms with Gasteiger partial charge in [0.05, 0.1) is 0 Å². The zero-order valence-corrected chi connectivity index (χ0v) is 15.8. The normalized spacial score (nSPS) is 13.1. The van der Waals surface area contributed by atoms with Gasteiger partial charge in [0.25, 0.3) is 5.56 Å². The smallest absolute Gasteiger partial charge is 0.332 e. The molecule has 2 aromatic heterocycles. The quantitative estimate of drug-likeness (QED) is 0.732. The summed E-state index contributed by atoms with van der Waals surface area (Å²) >= 11 is 0. The Kier molecular flexibility index (Phi) is 4.21. The van der Waals surface area contributed by atoms with E-state index in [1.165, 1.54) is 9.13 Å². The van der Waals surface area contributed by atoms with Crippen molar-refractivity contribution in [1.29, 1.82) is 0 Å². The maximum atomic E-state index is 12.7. The summed E-state index contributed by atoms with van der Waals surface area (Å²) in [5.74, 6) is 1.30. The fourth-order valence-corrected chi connectivity index (χ4v) is 3.37. The average Bonchev–Trinajstić information content (AvgIpc) is 3.26. The summed E-state index contributed by atoms with van der Waals surface area (Å²) < 4.78 is 14.9. The second-order valence-corrected chi connectivity index (χ2v) is 6.38. The molecular weight excluding hydrogens is 364 g/mol. The number of phenols is 1. The average molecular weight is 384 g/mol. The van der Waals surface area contributed by atoms with Gasteiger partial charge < -0.3 is 19.1 Å². The minimum atomic E-state index is -0.364. The predicted molar refractivity (Wildman–Crippen MR) is 104 cm³/mol. The largest absolute Gasteiger partial charge is 0.504 e. The van der Waals surface area contributed by atoms with Crippen LogP contribution in [0.15, 0.2) is 21.7 Å². The Morgan fingerprint density at radius 2 is 1.89 bits per heavy atom. The van der Waals surface area contributed by atoms with Crippen LogP contribution in [0.4, 0.5) is 0 Å². The molecule has 146 valence electrons. The first-order valence-electron chi connectivity index (χ1n) is 8.97. The molecule has 3 heterocycles. The summed E-state index contributed by atoms with van der Waals surface area (Å²) in [7, 11) is 1.73. The molecule has 28 heavy (non-hydrogen) atoms. The highest BCUT2D eigenvalue weighted by atomic mass is 16.7. The van der Waals surface area contributed by atoms with Gasteiger partial charge in [0.15, 0.2) is 22.7 Å². The summed E-state index contributed by atoms with van der Waals surface area (Å²) in [4.78, 5) is 29.7. The number of rotatable bonds is 4. The third-order valence-electron chi connectivity index (χ3n) is 4.81. The number of hydrogen-bond acceptors (Lipinski definition) is 6. The number of fused-ring (bicyclic) bond motifs is 2. The second kappa shape index (κ2) is 6.59. The van der Waals surface area contributed by atoms with Crippen LogP contribution in [0.1, 0.15) is 25.2 Å². The maximum absolute atomic E-state index is 12.7. The molecule has 0 saturated carbocycles. The van der Waals surface area contributed by atoms with Gasteiger partial charge in [0.1, 0.15) is 5.82 Å². The van der Waals surface area contributed by atoms with Gasteiger partial charge in [0.2, 0.25) is 12.5 Å². The molecule has 0 spiro atoms. The van der Waals surface area contributed by atoms with Crippen molar-refractivity contribution in [1.82, 2.24) is 18.7 Å². The highest BCUT2D eigenvalue weighted by Crippen LogP contribution is 2.41. The maximum Gasteiger partial charge on any atom is 0.332 e. The van der Waals surface area contributed by atoms with Crippen molar-refractivity contribution >= 4 is 23.3 Å². The second-order valence-electron chi connectivity index (χ2n) is 6.38. The van der Waals surface area contributed by atoms with Crippen LogP contribution in [-0.4, -0.2) is 30.6 Å². The van der Waals surface area contributed by atoms with Crippen LogP contribution in [0, 0.1) is 0 Å². The molecule has 0 amide bonds. The molecule has 9 nitrogen and oxygen atoms in total.